The average Bonchev–Trinajstić information content (AvgIpc) is 2.92. The molecule has 1 aromatic heterocycles. The second-order valence-electron chi connectivity index (χ2n) is 4.38. The van der Waals surface area contributed by atoms with Crippen LogP contribution in [0.25, 0.3) is 0 Å². The molecule has 0 fully saturated rings. The van der Waals surface area contributed by atoms with Gasteiger partial charge >= 0.3 is 0 Å². The third kappa shape index (κ3) is 4.33. The summed E-state index contributed by atoms with van der Waals surface area (Å²) in [7, 11) is 0. The van der Waals surface area contributed by atoms with E-state index in [4.69, 9.17) is 16.3 Å². The molecule has 0 saturated heterocycles. The summed E-state index contributed by atoms with van der Waals surface area (Å²) in [4.78, 5) is 3.95. The lowest BCUT2D eigenvalue weighted by Gasteiger charge is -2.18. The number of halogens is 1. The SMILES string of the molecule is CCCCOC(Cn1cncn1)c1ccc(Cl)cc1. The fraction of sp³-hybridized carbons (Fsp3) is 0.429. The van der Waals surface area contributed by atoms with Crippen LogP contribution in [0.2, 0.25) is 5.02 Å². The molecular formula is C14H18ClN3O. The minimum atomic E-state index is -0.0227. The average molecular weight is 280 g/mol. The van der Waals surface area contributed by atoms with Gasteiger partial charge in [-0.3, -0.25) is 4.68 Å². The van der Waals surface area contributed by atoms with E-state index in [1.54, 1.807) is 11.0 Å². The summed E-state index contributed by atoms with van der Waals surface area (Å²) in [5, 5.41) is 4.86. The van der Waals surface area contributed by atoms with Crippen molar-refractivity contribution in [3.05, 3.63) is 47.5 Å². The molecular weight excluding hydrogens is 262 g/mol. The highest BCUT2D eigenvalue weighted by Crippen LogP contribution is 2.21. The number of nitrogens with zero attached hydrogens (tertiary/aromatic N) is 3. The largest absolute Gasteiger partial charge is 0.372 e. The molecule has 1 unspecified atom stereocenters. The summed E-state index contributed by atoms with van der Waals surface area (Å²) in [6.45, 7) is 3.56. The number of rotatable bonds is 7. The molecule has 102 valence electrons. The fourth-order valence-corrected chi connectivity index (χ4v) is 1.92. The van der Waals surface area contributed by atoms with Crippen molar-refractivity contribution in [3.63, 3.8) is 0 Å². The number of aromatic nitrogens is 3. The quantitative estimate of drug-likeness (QED) is 0.729. The van der Waals surface area contributed by atoms with Crippen LogP contribution in [0.5, 0.6) is 0 Å². The smallest absolute Gasteiger partial charge is 0.137 e. The highest BCUT2D eigenvalue weighted by molar-refractivity contribution is 6.30. The molecule has 1 aromatic carbocycles. The first-order chi connectivity index (χ1) is 9.29. The molecule has 2 aromatic rings. The highest BCUT2D eigenvalue weighted by atomic mass is 35.5. The van der Waals surface area contributed by atoms with Crippen molar-refractivity contribution in [2.45, 2.75) is 32.4 Å². The Morgan fingerprint density at radius 1 is 1.32 bits per heavy atom. The zero-order valence-electron chi connectivity index (χ0n) is 11.0. The van der Waals surface area contributed by atoms with E-state index in [2.05, 4.69) is 17.0 Å². The Labute approximate surface area is 118 Å². The molecule has 5 heteroatoms. The molecule has 0 saturated carbocycles. The molecule has 0 aliphatic rings. The van der Waals surface area contributed by atoms with E-state index in [0.717, 1.165) is 30.0 Å². The normalized spacial score (nSPS) is 12.5. The highest BCUT2D eigenvalue weighted by Gasteiger charge is 2.13. The van der Waals surface area contributed by atoms with Crippen LogP contribution >= 0.6 is 11.6 Å². The lowest BCUT2D eigenvalue weighted by Crippen LogP contribution is -2.14. The summed E-state index contributed by atoms with van der Waals surface area (Å²) < 4.78 is 7.73. The number of unbranched alkanes of at least 4 members (excludes halogenated alkanes) is 1. The van der Waals surface area contributed by atoms with Gasteiger partial charge in [0, 0.05) is 11.6 Å². The Bertz CT molecular complexity index is 470. The first-order valence-electron chi connectivity index (χ1n) is 6.49. The van der Waals surface area contributed by atoms with E-state index >= 15 is 0 Å². The topological polar surface area (TPSA) is 39.9 Å². The molecule has 2 rings (SSSR count). The van der Waals surface area contributed by atoms with Crippen molar-refractivity contribution >= 4 is 11.6 Å². The van der Waals surface area contributed by atoms with Gasteiger partial charge in [-0.2, -0.15) is 5.10 Å². The van der Waals surface area contributed by atoms with Crippen molar-refractivity contribution in [1.82, 2.24) is 14.8 Å². The molecule has 0 radical (unpaired) electrons. The van der Waals surface area contributed by atoms with E-state index in [9.17, 15) is 0 Å². The minimum Gasteiger partial charge on any atom is -0.372 e. The Morgan fingerprint density at radius 2 is 2.11 bits per heavy atom. The van der Waals surface area contributed by atoms with Crippen LogP contribution in [0.4, 0.5) is 0 Å². The van der Waals surface area contributed by atoms with Crippen molar-refractivity contribution < 1.29 is 4.74 Å². The Kier molecular flexibility index (Phi) is 5.36. The Balaban J connectivity index is 2.06. The second kappa shape index (κ2) is 7.26. The van der Waals surface area contributed by atoms with Gasteiger partial charge in [0.25, 0.3) is 0 Å². The Hall–Kier alpha value is -1.39. The van der Waals surface area contributed by atoms with Crippen molar-refractivity contribution in [1.29, 1.82) is 0 Å². The molecule has 0 aliphatic heterocycles. The third-order valence-corrected chi connectivity index (χ3v) is 3.13. The van der Waals surface area contributed by atoms with Gasteiger partial charge in [0.2, 0.25) is 0 Å². The van der Waals surface area contributed by atoms with Gasteiger partial charge in [0.1, 0.15) is 18.8 Å². The molecule has 0 bridgehead atoms. The van der Waals surface area contributed by atoms with E-state index in [0.29, 0.717) is 6.54 Å². The lowest BCUT2D eigenvalue weighted by atomic mass is 10.1. The predicted molar refractivity (Wildman–Crippen MR) is 75.1 cm³/mol. The van der Waals surface area contributed by atoms with E-state index in [1.807, 2.05) is 24.3 Å². The van der Waals surface area contributed by atoms with Crippen molar-refractivity contribution in [3.8, 4) is 0 Å². The lowest BCUT2D eigenvalue weighted by molar-refractivity contribution is 0.0363. The summed E-state index contributed by atoms with van der Waals surface area (Å²) in [6.07, 6.45) is 5.39. The van der Waals surface area contributed by atoms with E-state index in [-0.39, 0.29) is 6.10 Å². The summed E-state index contributed by atoms with van der Waals surface area (Å²) in [5.74, 6) is 0. The van der Waals surface area contributed by atoms with Crippen molar-refractivity contribution in [2.24, 2.45) is 0 Å². The molecule has 19 heavy (non-hydrogen) atoms. The molecule has 4 nitrogen and oxygen atoms in total. The van der Waals surface area contributed by atoms with Crippen LogP contribution in [0, 0.1) is 0 Å². The maximum Gasteiger partial charge on any atom is 0.137 e. The maximum absolute atomic E-state index is 5.95. The monoisotopic (exact) mass is 279 g/mol. The van der Waals surface area contributed by atoms with Gasteiger partial charge in [0.05, 0.1) is 6.54 Å². The number of benzene rings is 1. The molecule has 1 atom stereocenters. The van der Waals surface area contributed by atoms with E-state index in [1.165, 1.54) is 6.33 Å². The van der Waals surface area contributed by atoms with Gasteiger partial charge in [-0.25, -0.2) is 4.98 Å². The van der Waals surface area contributed by atoms with Crippen LogP contribution in [-0.2, 0) is 11.3 Å². The first kappa shape index (κ1) is 14.0. The molecule has 0 amide bonds. The molecule has 0 N–H and O–H groups in total. The van der Waals surface area contributed by atoms with Crippen LogP contribution < -0.4 is 0 Å². The Morgan fingerprint density at radius 3 is 2.74 bits per heavy atom. The zero-order chi connectivity index (χ0) is 13.5. The summed E-state index contributed by atoms with van der Waals surface area (Å²) in [5.41, 5.74) is 1.11. The van der Waals surface area contributed by atoms with Crippen LogP contribution in [-0.4, -0.2) is 21.4 Å². The van der Waals surface area contributed by atoms with Crippen LogP contribution in [0.3, 0.4) is 0 Å². The van der Waals surface area contributed by atoms with Gasteiger partial charge in [0.15, 0.2) is 0 Å². The van der Waals surface area contributed by atoms with Gasteiger partial charge in [-0.15, -0.1) is 0 Å². The number of hydrogen-bond acceptors (Lipinski definition) is 3. The van der Waals surface area contributed by atoms with Crippen LogP contribution in [0.15, 0.2) is 36.9 Å². The van der Waals surface area contributed by atoms with Gasteiger partial charge in [-0.1, -0.05) is 37.1 Å². The molecule has 1 heterocycles. The van der Waals surface area contributed by atoms with Crippen molar-refractivity contribution in [2.75, 3.05) is 6.61 Å². The summed E-state index contributed by atoms with van der Waals surface area (Å²) in [6, 6.07) is 7.76. The molecule has 0 aliphatic carbocycles. The third-order valence-electron chi connectivity index (χ3n) is 2.88. The number of ether oxygens (including phenoxy) is 1. The van der Waals surface area contributed by atoms with Crippen LogP contribution in [0.1, 0.15) is 31.4 Å². The zero-order valence-corrected chi connectivity index (χ0v) is 11.8. The predicted octanol–water partition coefficient (Wildman–Crippen LogP) is 3.49. The fourth-order valence-electron chi connectivity index (χ4n) is 1.80. The standard InChI is InChI=1S/C14H18ClN3O/c1-2-3-8-19-14(9-18-11-16-10-17-18)12-4-6-13(15)7-5-12/h4-7,10-11,14H,2-3,8-9H2,1H3. The maximum atomic E-state index is 5.95. The van der Waals surface area contributed by atoms with E-state index < -0.39 is 0 Å². The number of hydrogen-bond donors (Lipinski definition) is 0. The van der Waals surface area contributed by atoms with Gasteiger partial charge < -0.3 is 4.74 Å². The molecule has 0 spiro atoms. The second-order valence-corrected chi connectivity index (χ2v) is 4.82. The van der Waals surface area contributed by atoms with Gasteiger partial charge in [-0.05, 0) is 24.1 Å². The first-order valence-corrected chi connectivity index (χ1v) is 6.87. The summed E-state index contributed by atoms with van der Waals surface area (Å²) >= 11 is 5.92. The minimum absolute atomic E-state index is 0.0227.